The highest BCUT2D eigenvalue weighted by Gasteiger charge is 2.13. The Morgan fingerprint density at radius 3 is 2.46 bits per heavy atom. The smallest absolute Gasteiger partial charge is 0.123 e. The number of halogens is 1. The molecular weight excluding hydrogens is 349 g/mol. The lowest BCUT2D eigenvalue weighted by Gasteiger charge is -2.14. The fourth-order valence-electron chi connectivity index (χ4n) is 3.26. The van der Waals surface area contributed by atoms with Crippen LogP contribution in [0, 0.1) is 5.82 Å². The number of aromatic nitrogens is 1. The van der Waals surface area contributed by atoms with Crippen molar-refractivity contribution >= 4 is 16.5 Å². The summed E-state index contributed by atoms with van der Waals surface area (Å²) in [5, 5.41) is 0.985. The second kappa shape index (κ2) is 7.65. The normalized spacial score (nSPS) is 10.8. The second-order valence-electron chi connectivity index (χ2n) is 6.79. The summed E-state index contributed by atoms with van der Waals surface area (Å²) in [4.78, 5) is 4.61. The molecule has 0 aliphatic rings. The monoisotopic (exact) mass is 369 g/mol. The van der Waals surface area contributed by atoms with Crippen molar-refractivity contribution in [1.29, 1.82) is 0 Å². The quantitative estimate of drug-likeness (QED) is 0.393. The SMILES string of the molecule is C=C(C)c1cnc2cc(OCc3ccccc3)ccc2c1-c1ccc(F)cc1. The number of pyridine rings is 1. The highest BCUT2D eigenvalue weighted by molar-refractivity contribution is 6.00. The minimum atomic E-state index is -0.254. The molecule has 0 spiro atoms. The van der Waals surface area contributed by atoms with Gasteiger partial charge in [0, 0.05) is 28.8 Å². The van der Waals surface area contributed by atoms with Crippen molar-refractivity contribution in [3.8, 4) is 16.9 Å². The Labute approximate surface area is 163 Å². The van der Waals surface area contributed by atoms with Crippen LogP contribution in [0.4, 0.5) is 4.39 Å². The molecule has 1 heterocycles. The van der Waals surface area contributed by atoms with Gasteiger partial charge < -0.3 is 4.74 Å². The summed E-state index contributed by atoms with van der Waals surface area (Å²) in [5.41, 5.74) is 5.75. The second-order valence-corrected chi connectivity index (χ2v) is 6.79. The topological polar surface area (TPSA) is 22.1 Å². The molecule has 0 unspecified atom stereocenters. The maximum absolute atomic E-state index is 13.4. The van der Waals surface area contributed by atoms with Gasteiger partial charge in [-0.05, 0) is 47.9 Å². The lowest BCUT2D eigenvalue weighted by molar-refractivity contribution is 0.306. The first-order valence-corrected chi connectivity index (χ1v) is 9.13. The van der Waals surface area contributed by atoms with Gasteiger partial charge in [0.1, 0.15) is 18.2 Å². The van der Waals surface area contributed by atoms with Crippen LogP contribution < -0.4 is 4.74 Å². The Balaban J connectivity index is 1.75. The van der Waals surface area contributed by atoms with E-state index in [4.69, 9.17) is 4.74 Å². The average molecular weight is 369 g/mol. The molecule has 28 heavy (non-hydrogen) atoms. The van der Waals surface area contributed by atoms with Crippen molar-refractivity contribution in [2.24, 2.45) is 0 Å². The summed E-state index contributed by atoms with van der Waals surface area (Å²) < 4.78 is 19.3. The highest BCUT2D eigenvalue weighted by atomic mass is 19.1. The summed E-state index contributed by atoms with van der Waals surface area (Å²) >= 11 is 0. The fourth-order valence-corrected chi connectivity index (χ4v) is 3.26. The van der Waals surface area contributed by atoms with Gasteiger partial charge >= 0.3 is 0 Å². The van der Waals surface area contributed by atoms with E-state index in [-0.39, 0.29) is 5.82 Å². The van der Waals surface area contributed by atoms with Gasteiger partial charge in [0.15, 0.2) is 0 Å². The first kappa shape index (κ1) is 17.9. The lowest BCUT2D eigenvalue weighted by atomic mass is 9.93. The zero-order valence-corrected chi connectivity index (χ0v) is 15.7. The molecule has 0 radical (unpaired) electrons. The van der Waals surface area contributed by atoms with Gasteiger partial charge in [-0.1, -0.05) is 49.0 Å². The Morgan fingerprint density at radius 2 is 1.75 bits per heavy atom. The van der Waals surface area contributed by atoms with Crippen LogP contribution in [0.3, 0.4) is 0 Å². The summed E-state index contributed by atoms with van der Waals surface area (Å²) in [6.07, 6.45) is 1.82. The molecule has 4 rings (SSSR count). The molecule has 138 valence electrons. The van der Waals surface area contributed by atoms with Crippen molar-refractivity contribution in [3.05, 3.63) is 103 Å². The summed E-state index contributed by atoms with van der Waals surface area (Å²) in [7, 11) is 0. The maximum atomic E-state index is 13.4. The Hall–Kier alpha value is -3.46. The van der Waals surface area contributed by atoms with Gasteiger partial charge in [0.05, 0.1) is 5.52 Å². The van der Waals surface area contributed by atoms with Crippen molar-refractivity contribution in [1.82, 2.24) is 4.98 Å². The lowest BCUT2D eigenvalue weighted by Crippen LogP contribution is -1.96. The van der Waals surface area contributed by atoms with E-state index in [9.17, 15) is 4.39 Å². The summed E-state index contributed by atoms with van der Waals surface area (Å²) in [5.74, 6) is 0.507. The van der Waals surface area contributed by atoms with Crippen molar-refractivity contribution in [3.63, 3.8) is 0 Å². The fraction of sp³-hybridized carbons (Fsp3) is 0.0800. The number of hydrogen-bond donors (Lipinski definition) is 0. The predicted molar refractivity (Wildman–Crippen MR) is 113 cm³/mol. The molecule has 3 heteroatoms. The van der Waals surface area contributed by atoms with Crippen LogP contribution in [-0.2, 0) is 6.61 Å². The number of ether oxygens (including phenoxy) is 1. The van der Waals surface area contributed by atoms with Crippen LogP contribution in [0.1, 0.15) is 18.1 Å². The number of fused-ring (bicyclic) bond motifs is 1. The average Bonchev–Trinajstić information content (AvgIpc) is 2.72. The first-order chi connectivity index (χ1) is 13.6. The van der Waals surface area contributed by atoms with E-state index in [0.29, 0.717) is 6.61 Å². The third-order valence-corrected chi connectivity index (χ3v) is 4.68. The summed E-state index contributed by atoms with van der Waals surface area (Å²) in [6.45, 7) is 6.53. The molecule has 3 aromatic carbocycles. The molecule has 0 atom stereocenters. The molecule has 2 nitrogen and oxygen atoms in total. The number of benzene rings is 3. The maximum Gasteiger partial charge on any atom is 0.123 e. The van der Waals surface area contributed by atoms with Gasteiger partial charge in [0.2, 0.25) is 0 Å². The third kappa shape index (κ3) is 3.65. The van der Waals surface area contributed by atoms with E-state index in [2.05, 4.69) is 11.6 Å². The van der Waals surface area contributed by atoms with Crippen LogP contribution in [0.2, 0.25) is 0 Å². The van der Waals surface area contributed by atoms with Crippen molar-refractivity contribution in [2.45, 2.75) is 13.5 Å². The first-order valence-electron chi connectivity index (χ1n) is 9.13. The van der Waals surface area contributed by atoms with Gasteiger partial charge in [-0.25, -0.2) is 4.39 Å². The Kier molecular flexibility index (Phi) is 4.90. The van der Waals surface area contributed by atoms with Gasteiger partial charge in [-0.2, -0.15) is 0 Å². The Bertz CT molecular complexity index is 1130. The van der Waals surface area contributed by atoms with E-state index in [1.54, 1.807) is 12.1 Å². The van der Waals surface area contributed by atoms with Gasteiger partial charge in [0.25, 0.3) is 0 Å². The number of nitrogens with zero attached hydrogens (tertiary/aromatic N) is 1. The number of allylic oxidation sites excluding steroid dienone is 1. The Morgan fingerprint density at radius 1 is 1.00 bits per heavy atom. The van der Waals surface area contributed by atoms with Crippen molar-refractivity contribution in [2.75, 3.05) is 0 Å². The molecule has 0 amide bonds. The number of rotatable bonds is 5. The van der Waals surface area contributed by atoms with Crippen molar-refractivity contribution < 1.29 is 9.13 Å². The third-order valence-electron chi connectivity index (χ3n) is 4.68. The van der Waals surface area contributed by atoms with E-state index >= 15 is 0 Å². The minimum Gasteiger partial charge on any atom is -0.489 e. The molecule has 0 saturated carbocycles. The number of hydrogen-bond acceptors (Lipinski definition) is 2. The molecular formula is C25H20FNO. The van der Waals surface area contributed by atoms with E-state index in [0.717, 1.165) is 44.5 Å². The van der Waals surface area contributed by atoms with E-state index in [1.807, 2.05) is 61.7 Å². The molecule has 0 aliphatic carbocycles. The molecule has 1 aromatic heterocycles. The van der Waals surface area contributed by atoms with Crippen LogP contribution in [0.5, 0.6) is 5.75 Å². The largest absolute Gasteiger partial charge is 0.489 e. The zero-order valence-electron chi connectivity index (χ0n) is 15.7. The molecule has 0 fully saturated rings. The zero-order chi connectivity index (χ0) is 19.5. The van der Waals surface area contributed by atoms with E-state index in [1.165, 1.54) is 12.1 Å². The highest BCUT2D eigenvalue weighted by Crippen LogP contribution is 2.35. The molecule has 0 N–H and O–H groups in total. The van der Waals surface area contributed by atoms with Gasteiger partial charge in [-0.15, -0.1) is 0 Å². The molecule has 0 saturated heterocycles. The molecule has 4 aromatic rings. The predicted octanol–water partition coefficient (Wildman–Crippen LogP) is 6.65. The summed E-state index contributed by atoms with van der Waals surface area (Å²) in [6, 6.07) is 22.5. The minimum absolute atomic E-state index is 0.254. The van der Waals surface area contributed by atoms with Crippen LogP contribution in [0.15, 0.2) is 85.6 Å². The standard InChI is InChI=1S/C25H20FNO/c1-17(2)23-15-27-24-14-21(28-16-18-6-4-3-5-7-18)12-13-22(24)25(23)19-8-10-20(26)11-9-19/h3-15H,1,16H2,2H3. The van der Waals surface area contributed by atoms with Crippen LogP contribution >= 0.6 is 0 Å². The van der Waals surface area contributed by atoms with Gasteiger partial charge in [-0.3, -0.25) is 4.98 Å². The molecule has 0 bridgehead atoms. The molecule has 0 aliphatic heterocycles. The van der Waals surface area contributed by atoms with Crippen LogP contribution in [-0.4, -0.2) is 4.98 Å². The van der Waals surface area contributed by atoms with E-state index < -0.39 is 0 Å². The van der Waals surface area contributed by atoms with Crippen LogP contribution in [0.25, 0.3) is 27.6 Å².